The van der Waals surface area contributed by atoms with Crippen LogP contribution in [0, 0.1) is 12.8 Å². The van der Waals surface area contributed by atoms with Crippen molar-refractivity contribution in [1.29, 1.82) is 0 Å². The molecule has 42 heavy (non-hydrogen) atoms. The van der Waals surface area contributed by atoms with Crippen LogP contribution in [0.5, 0.6) is 5.75 Å². The molecule has 4 rings (SSSR count). The largest absolute Gasteiger partial charge is 0.490 e. The number of rotatable bonds is 10. The first-order valence-electron chi connectivity index (χ1n) is 15.0. The molecular formula is C33H47N3O6. The van der Waals surface area contributed by atoms with Crippen molar-refractivity contribution in [3.05, 3.63) is 59.2 Å². The van der Waals surface area contributed by atoms with E-state index in [1.165, 1.54) is 10.5 Å². The summed E-state index contributed by atoms with van der Waals surface area (Å²) in [4.78, 5) is 30.4. The van der Waals surface area contributed by atoms with Crippen molar-refractivity contribution in [2.75, 3.05) is 38.2 Å². The Kier molecular flexibility index (Phi) is 10.5. The molecular weight excluding hydrogens is 534 g/mol. The van der Waals surface area contributed by atoms with Gasteiger partial charge < -0.3 is 29.5 Å². The molecule has 1 saturated heterocycles. The van der Waals surface area contributed by atoms with E-state index in [9.17, 15) is 19.8 Å². The van der Waals surface area contributed by atoms with Crippen molar-refractivity contribution < 1.29 is 29.3 Å². The quantitative estimate of drug-likeness (QED) is 0.404. The second kappa shape index (κ2) is 13.9. The van der Waals surface area contributed by atoms with E-state index in [0.717, 1.165) is 54.8 Å². The van der Waals surface area contributed by atoms with Gasteiger partial charge in [-0.3, -0.25) is 9.69 Å². The summed E-state index contributed by atoms with van der Waals surface area (Å²) in [6.45, 7) is 10.9. The number of aryl methyl sites for hydroxylation is 1. The van der Waals surface area contributed by atoms with Crippen molar-refractivity contribution in [2.45, 2.75) is 84.3 Å². The lowest BCUT2D eigenvalue weighted by molar-refractivity contribution is -0.123. The number of carboxylic acid groups (broad SMARTS) is 1. The fraction of sp³-hybridized carbons (Fsp3) is 0.576. The maximum Gasteiger partial charge on any atom is 0.407 e. The second-order valence-electron chi connectivity index (χ2n) is 12.6. The number of hydrogen-bond donors (Lipinski definition) is 2. The number of amides is 2. The van der Waals surface area contributed by atoms with E-state index < -0.39 is 11.7 Å². The van der Waals surface area contributed by atoms with Crippen LogP contribution in [0.3, 0.4) is 0 Å². The van der Waals surface area contributed by atoms with Gasteiger partial charge >= 0.3 is 6.09 Å². The number of carbonyl (C=O) groups excluding carboxylic acids is 1. The zero-order valence-electron chi connectivity index (χ0n) is 25.7. The van der Waals surface area contributed by atoms with Crippen LogP contribution in [0.15, 0.2) is 42.5 Å². The van der Waals surface area contributed by atoms with E-state index >= 15 is 0 Å². The van der Waals surface area contributed by atoms with Gasteiger partial charge in [-0.2, -0.15) is 0 Å². The molecule has 2 N–H and O–H groups in total. The molecule has 2 amide bonds. The molecule has 2 aromatic carbocycles. The lowest BCUT2D eigenvalue weighted by Gasteiger charge is -2.38. The molecule has 1 aliphatic carbocycles. The number of nitrogens with zero attached hydrogens (tertiary/aromatic N) is 3. The molecule has 2 aromatic rings. The number of ether oxygens (including phenoxy) is 2. The summed E-state index contributed by atoms with van der Waals surface area (Å²) in [7, 11) is 1.86. The van der Waals surface area contributed by atoms with Crippen molar-refractivity contribution in [3.8, 4) is 5.75 Å². The highest BCUT2D eigenvalue weighted by atomic mass is 16.5. The average Bonchev–Trinajstić information content (AvgIpc) is 2.93. The van der Waals surface area contributed by atoms with Crippen molar-refractivity contribution >= 4 is 17.7 Å². The summed E-state index contributed by atoms with van der Waals surface area (Å²) in [5, 5.41) is 19.2. The standard InChI is InChI=1S/C33H47N3O6/c1-23-17-28(12-9-27(23)20-35-15-16-36(32(38)39)24(2)19-35)34(5)31(37)26-10-13-29(14-11-26)42-30-8-6-7-25(18-30)21-41-22-33(3,4)40/h6-9,12,17-18,24,26,29,40H,10-11,13-16,19-22H2,1-5H3,(H,38,39)/t24-,26?,29?/m0/s1. The van der Waals surface area contributed by atoms with Crippen LogP contribution in [-0.2, 0) is 22.7 Å². The maximum atomic E-state index is 13.4. The highest BCUT2D eigenvalue weighted by Crippen LogP contribution is 2.31. The second-order valence-corrected chi connectivity index (χ2v) is 12.6. The van der Waals surface area contributed by atoms with Gasteiger partial charge in [-0.1, -0.05) is 18.2 Å². The monoisotopic (exact) mass is 581 g/mol. The summed E-state index contributed by atoms with van der Waals surface area (Å²) < 4.78 is 11.9. The Balaban J connectivity index is 1.25. The van der Waals surface area contributed by atoms with Gasteiger partial charge in [-0.05, 0) is 94.3 Å². The maximum absolute atomic E-state index is 13.4. The molecule has 9 heteroatoms. The van der Waals surface area contributed by atoms with E-state index in [1.54, 1.807) is 18.7 Å². The zero-order valence-corrected chi connectivity index (χ0v) is 25.7. The molecule has 0 bridgehead atoms. The summed E-state index contributed by atoms with van der Waals surface area (Å²) in [6, 6.07) is 14.0. The average molecular weight is 582 g/mol. The molecule has 0 unspecified atom stereocenters. The van der Waals surface area contributed by atoms with Crippen LogP contribution >= 0.6 is 0 Å². The minimum atomic E-state index is -0.859. The minimum absolute atomic E-state index is 0.0246. The molecule has 1 aliphatic heterocycles. The van der Waals surface area contributed by atoms with Gasteiger partial charge in [-0.15, -0.1) is 0 Å². The Labute approximate surface area is 250 Å². The third kappa shape index (κ3) is 8.69. The molecule has 2 aliphatic rings. The Bertz CT molecular complexity index is 1220. The smallest absolute Gasteiger partial charge is 0.407 e. The first-order valence-corrected chi connectivity index (χ1v) is 15.0. The third-order valence-electron chi connectivity index (χ3n) is 8.34. The van der Waals surface area contributed by atoms with Gasteiger partial charge in [0.15, 0.2) is 0 Å². The number of hydrogen-bond acceptors (Lipinski definition) is 6. The van der Waals surface area contributed by atoms with Crippen molar-refractivity contribution in [1.82, 2.24) is 9.80 Å². The molecule has 230 valence electrons. The summed E-state index contributed by atoms with van der Waals surface area (Å²) in [5.41, 5.74) is 3.36. The molecule has 1 atom stereocenters. The summed E-state index contributed by atoms with van der Waals surface area (Å²) >= 11 is 0. The molecule has 9 nitrogen and oxygen atoms in total. The molecule has 1 heterocycles. The van der Waals surface area contributed by atoms with Gasteiger partial charge in [-0.25, -0.2) is 4.79 Å². The number of anilines is 1. The normalized spacial score (nSPS) is 21.7. The number of piperazine rings is 1. The van der Waals surface area contributed by atoms with Gasteiger partial charge in [0.2, 0.25) is 5.91 Å². The molecule has 2 fully saturated rings. The van der Waals surface area contributed by atoms with E-state index in [2.05, 4.69) is 24.0 Å². The van der Waals surface area contributed by atoms with E-state index in [-0.39, 0.29) is 30.6 Å². The Morgan fingerprint density at radius 1 is 1.07 bits per heavy atom. The van der Waals surface area contributed by atoms with E-state index in [0.29, 0.717) is 26.2 Å². The first-order chi connectivity index (χ1) is 19.9. The van der Waals surface area contributed by atoms with Gasteiger partial charge in [0.25, 0.3) is 0 Å². The SMILES string of the molecule is Cc1cc(N(C)C(=O)C2CCC(Oc3cccc(COCC(C)(C)O)c3)CC2)ccc1CN1CCN(C(=O)O)[C@@H](C)C1. The van der Waals surface area contributed by atoms with Gasteiger partial charge in [0, 0.05) is 50.9 Å². The minimum Gasteiger partial charge on any atom is -0.490 e. The van der Waals surface area contributed by atoms with Gasteiger partial charge in [0.1, 0.15) is 5.75 Å². The number of aliphatic hydroxyl groups is 1. The van der Waals surface area contributed by atoms with Crippen molar-refractivity contribution in [2.24, 2.45) is 5.92 Å². The molecule has 1 saturated carbocycles. The topological polar surface area (TPSA) is 103 Å². The Hall–Kier alpha value is -3.14. The predicted molar refractivity (Wildman–Crippen MR) is 163 cm³/mol. The number of carbonyl (C=O) groups is 2. The summed E-state index contributed by atoms with van der Waals surface area (Å²) in [6.07, 6.45) is 2.46. The van der Waals surface area contributed by atoms with Crippen LogP contribution < -0.4 is 9.64 Å². The zero-order chi connectivity index (χ0) is 30.4. The fourth-order valence-electron chi connectivity index (χ4n) is 5.92. The highest BCUT2D eigenvalue weighted by molar-refractivity contribution is 5.94. The predicted octanol–water partition coefficient (Wildman–Crippen LogP) is 5.07. The van der Waals surface area contributed by atoms with E-state index in [4.69, 9.17) is 9.47 Å². The summed E-state index contributed by atoms with van der Waals surface area (Å²) in [5.74, 6) is 0.925. The lowest BCUT2D eigenvalue weighted by Crippen LogP contribution is -2.53. The lowest BCUT2D eigenvalue weighted by atomic mass is 9.86. The van der Waals surface area contributed by atoms with Crippen LogP contribution in [0.1, 0.15) is 63.1 Å². The molecule has 0 aromatic heterocycles. The third-order valence-corrected chi connectivity index (χ3v) is 8.34. The molecule has 0 radical (unpaired) electrons. The van der Waals surface area contributed by atoms with Crippen LogP contribution in [-0.4, -0.2) is 83.0 Å². The van der Waals surface area contributed by atoms with Gasteiger partial charge in [0.05, 0.1) is 24.9 Å². The van der Waals surface area contributed by atoms with Crippen LogP contribution in [0.2, 0.25) is 0 Å². The Morgan fingerprint density at radius 2 is 1.81 bits per heavy atom. The molecule has 0 spiro atoms. The fourth-order valence-corrected chi connectivity index (χ4v) is 5.92. The highest BCUT2D eigenvalue weighted by Gasteiger charge is 2.30. The van der Waals surface area contributed by atoms with Crippen LogP contribution in [0.4, 0.5) is 10.5 Å². The number of benzene rings is 2. The van der Waals surface area contributed by atoms with Crippen molar-refractivity contribution in [3.63, 3.8) is 0 Å². The van der Waals surface area contributed by atoms with Crippen LogP contribution in [0.25, 0.3) is 0 Å². The van der Waals surface area contributed by atoms with E-state index in [1.807, 2.05) is 44.3 Å². The Morgan fingerprint density at radius 3 is 2.45 bits per heavy atom. The first kappa shape index (κ1) is 31.8.